The number of benzene rings is 1. The summed E-state index contributed by atoms with van der Waals surface area (Å²) in [6, 6.07) is 13.9. The van der Waals surface area contributed by atoms with Gasteiger partial charge in [0, 0.05) is 41.1 Å². The molecule has 6 nitrogen and oxygen atoms in total. The Bertz CT molecular complexity index is 1120. The van der Waals surface area contributed by atoms with Crippen molar-refractivity contribution < 1.29 is 0 Å². The number of hydrogen-bond donors (Lipinski definition) is 1. The molecule has 1 atom stereocenters. The topological polar surface area (TPSA) is 60.6 Å². The quantitative estimate of drug-likeness (QED) is 0.539. The zero-order valence-corrected chi connectivity index (χ0v) is 16.6. The molecule has 1 unspecified atom stereocenters. The second-order valence-electron chi connectivity index (χ2n) is 7.25. The molecule has 3 heterocycles. The van der Waals surface area contributed by atoms with Crippen LogP contribution in [0.5, 0.6) is 0 Å². The van der Waals surface area contributed by atoms with E-state index in [1.807, 2.05) is 70.4 Å². The molecule has 0 radical (unpaired) electrons. The van der Waals surface area contributed by atoms with Crippen LogP contribution in [0.1, 0.15) is 35.7 Å². The summed E-state index contributed by atoms with van der Waals surface area (Å²) >= 11 is 6.09. The van der Waals surface area contributed by atoms with Crippen molar-refractivity contribution in [2.45, 2.75) is 31.8 Å². The Labute approximate surface area is 174 Å². The lowest BCUT2D eigenvalue weighted by Gasteiger charge is -2.24. The first-order valence-electron chi connectivity index (χ1n) is 9.79. The van der Waals surface area contributed by atoms with Gasteiger partial charge in [0.15, 0.2) is 5.82 Å². The van der Waals surface area contributed by atoms with E-state index in [2.05, 4.69) is 20.5 Å². The summed E-state index contributed by atoms with van der Waals surface area (Å²) in [4.78, 5) is 4.45. The summed E-state index contributed by atoms with van der Waals surface area (Å²) in [6.07, 6.45) is 11.0. The lowest BCUT2D eigenvalue weighted by molar-refractivity contribution is 0.454. The minimum absolute atomic E-state index is 0.283. The Hall–Kier alpha value is -2.96. The first-order chi connectivity index (χ1) is 14.3. The molecule has 0 aliphatic heterocycles. The summed E-state index contributed by atoms with van der Waals surface area (Å²) in [6.45, 7) is 0.749. The van der Waals surface area contributed by atoms with E-state index in [4.69, 9.17) is 11.6 Å². The van der Waals surface area contributed by atoms with Crippen molar-refractivity contribution in [2.75, 3.05) is 0 Å². The van der Waals surface area contributed by atoms with Crippen molar-refractivity contribution >= 4 is 11.6 Å². The molecular weight excluding hydrogens is 384 g/mol. The summed E-state index contributed by atoms with van der Waals surface area (Å²) < 4.78 is 3.83. The molecule has 3 aromatic heterocycles. The van der Waals surface area contributed by atoms with Crippen LogP contribution in [-0.2, 0) is 13.0 Å². The maximum absolute atomic E-state index is 6.09. The zero-order chi connectivity index (χ0) is 19.6. The van der Waals surface area contributed by atoms with E-state index in [1.165, 1.54) is 11.3 Å². The molecule has 4 aromatic rings. The molecule has 7 heteroatoms. The van der Waals surface area contributed by atoms with Gasteiger partial charge < -0.3 is 5.32 Å². The van der Waals surface area contributed by atoms with Gasteiger partial charge in [-0.1, -0.05) is 23.7 Å². The second-order valence-corrected chi connectivity index (χ2v) is 7.68. The summed E-state index contributed by atoms with van der Waals surface area (Å²) in [7, 11) is 0. The lowest BCUT2D eigenvalue weighted by Crippen LogP contribution is -2.25. The van der Waals surface area contributed by atoms with Gasteiger partial charge in [0.2, 0.25) is 0 Å². The number of pyridine rings is 1. The predicted octanol–water partition coefficient (Wildman–Crippen LogP) is 4.27. The van der Waals surface area contributed by atoms with Gasteiger partial charge in [0.1, 0.15) is 0 Å². The number of rotatable bonds is 5. The number of hydrogen-bond acceptors (Lipinski definition) is 4. The van der Waals surface area contributed by atoms with Crippen LogP contribution in [0.4, 0.5) is 0 Å². The fourth-order valence-corrected chi connectivity index (χ4v) is 4.08. The van der Waals surface area contributed by atoms with Crippen LogP contribution in [0.2, 0.25) is 5.02 Å². The van der Waals surface area contributed by atoms with Crippen molar-refractivity contribution in [3.8, 4) is 11.5 Å². The van der Waals surface area contributed by atoms with Gasteiger partial charge in [-0.05, 0) is 49.6 Å². The van der Waals surface area contributed by atoms with Crippen LogP contribution in [0.25, 0.3) is 11.5 Å². The standard InChI is InChI=1S/C22H21ClN6/c23-17-5-3-6-18(11-17)28-15-16(13-26-28)12-25-20-7-4-8-21-19(20)14-27-29(21)22-9-1-2-10-24-22/h1-3,5-6,9-11,13-15,20,25H,4,7-8,12H2. The number of nitrogens with one attached hydrogen (secondary N) is 1. The maximum Gasteiger partial charge on any atom is 0.153 e. The number of halogens is 1. The minimum Gasteiger partial charge on any atom is -0.306 e. The number of nitrogens with zero attached hydrogens (tertiary/aromatic N) is 5. The van der Waals surface area contributed by atoms with Crippen LogP contribution >= 0.6 is 11.6 Å². The Morgan fingerprint density at radius 3 is 2.93 bits per heavy atom. The molecule has 0 spiro atoms. The molecule has 0 saturated heterocycles. The van der Waals surface area contributed by atoms with Crippen LogP contribution in [-0.4, -0.2) is 24.5 Å². The largest absolute Gasteiger partial charge is 0.306 e. The molecule has 0 fully saturated rings. The van der Waals surface area contributed by atoms with E-state index >= 15 is 0 Å². The van der Waals surface area contributed by atoms with Crippen molar-refractivity contribution in [2.24, 2.45) is 0 Å². The van der Waals surface area contributed by atoms with E-state index < -0.39 is 0 Å². The Balaban J connectivity index is 1.31. The average Bonchev–Trinajstić information content (AvgIpc) is 3.40. The molecule has 1 aliphatic carbocycles. The van der Waals surface area contributed by atoms with E-state index in [1.54, 1.807) is 6.20 Å². The SMILES string of the molecule is Clc1cccc(-n2cc(CNC3CCCc4c3cnn4-c3ccccn3)cn2)c1. The monoisotopic (exact) mass is 404 g/mol. The highest BCUT2D eigenvalue weighted by molar-refractivity contribution is 6.30. The van der Waals surface area contributed by atoms with Crippen LogP contribution in [0.3, 0.4) is 0 Å². The summed E-state index contributed by atoms with van der Waals surface area (Å²) in [5, 5.41) is 13.5. The predicted molar refractivity (Wildman–Crippen MR) is 112 cm³/mol. The highest BCUT2D eigenvalue weighted by Gasteiger charge is 2.24. The first-order valence-corrected chi connectivity index (χ1v) is 10.2. The second kappa shape index (κ2) is 7.81. The molecule has 29 heavy (non-hydrogen) atoms. The molecule has 0 saturated carbocycles. The highest BCUT2D eigenvalue weighted by Crippen LogP contribution is 2.31. The van der Waals surface area contributed by atoms with E-state index in [0.29, 0.717) is 5.02 Å². The van der Waals surface area contributed by atoms with Crippen molar-refractivity contribution in [1.29, 1.82) is 0 Å². The van der Waals surface area contributed by atoms with Gasteiger partial charge >= 0.3 is 0 Å². The molecule has 1 aromatic carbocycles. The third kappa shape index (κ3) is 3.69. The Kier molecular flexibility index (Phi) is 4.87. The molecule has 146 valence electrons. The normalized spacial score (nSPS) is 16.0. The summed E-state index contributed by atoms with van der Waals surface area (Å²) in [5.74, 6) is 0.872. The third-order valence-corrected chi connectivity index (χ3v) is 5.55. The van der Waals surface area contributed by atoms with Gasteiger partial charge in [-0.15, -0.1) is 0 Å². The third-order valence-electron chi connectivity index (χ3n) is 5.31. The van der Waals surface area contributed by atoms with E-state index in [0.717, 1.165) is 42.9 Å². The zero-order valence-electron chi connectivity index (χ0n) is 15.9. The van der Waals surface area contributed by atoms with Gasteiger partial charge in [0.25, 0.3) is 0 Å². The van der Waals surface area contributed by atoms with Gasteiger partial charge in [0.05, 0.1) is 23.8 Å². The van der Waals surface area contributed by atoms with Gasteiger partial charge in [-0.25, -0.2) is 14.3 Å². The Morgan fingerprint density at radius 1 is 1.10 bits per heavy atom. The first kappa shape index (κ1) is 18.1. The molecule has 0 bridgehead atoms. The van der Waals surface area contributed by atoms with E-state index in [-0.39, 0.29) is 6.04 Å². The maximum atomic E-state index is 6.09. The number of fused-ring (bicyclic) bond motifs is 1. The molecule has 0 amide bonds. The average molecular weight is 405 g/mol. The van der Waals surface area contributed by atoms with Gasteiger partial charge in [-0.2, -0.15) is 10.2 Å². The highest BCUT2D eigenvalue weighted by atomic mass is 35.5. The minimum atomic E-state index is 0.283. The molecule has 1 aliphatic rings. The van der Waals surface area contributed by atoms with Crippen LogP contribution < -0.4 is 5.32 Å². The fraction of sp³-hybridized carbons (Fsp3) is 0.227. The van der Waals surface area contributed by atoms with Gasteiger partial charge in [-0.3, -0.25) is 0 Å². The van der Waals surface area contributed by atoms with Crippen molar-refractivity contribution in [3.05, 3.63) is 89.1 Å². The molecule has 1 N–H and O–H groups in total. The Morgan fingerprint density at radius 2 is 2.07 bits per heavy atom. The molecular formula is C22H21ClN6. The van der Waals surface area contributed by atoms with Crippen LogP contribution in [0.15, 0.2) is 67.3 Å². The lowest BCUT2D eigenvalue weighted by atomic mass is 9.93. The number of aromatic nitrogens is 5. The smallest absolute Gasteiger partial charge is 0.153 e. The fourth-order valence-electron chi connectivity index (χ4n) is 3.90. The van der Waals surface area contributed by atoms with Crippen molar-refractivity contribution in [3.63, 3.8) is 0 Å². The molecule has 5 rings (SSSR count). The van der Waals surface area contributed by atoms with Crippen LogP contribution in [0, 0.1) is 0 Å². The van der Waals surface area contributed by atoms with Crippen molar-refractivity contribution in [1.82, 2.24) is 29.9 Å². The van der Waals surface area contributed by atoms with E-state index in [9.17, 15) is 0 Å². The summed E-state index contributed by atoms with van der Waals surface area (Å²) in [5.41, 5.74) is 4.61.